The number of phenols is 1. The largest absolute Gasteiger partial charge is 0.508 e. The summed E-state index contributed by atoms with van der Waals surface area (Å²) >= 11 is 5.85. The van der Waals surface area contributed by atoms with E-state index >= 15 is 0 Å². The Morgan fingerprint density at radius 1 is 1.60 bits per heavy atom. The molecule has 1 unspecified atom stereocenters. The molecular formula is C10H12ClNO3. The normalized spacial score (nSPS) is 12.5. The first-order chi connectivity index (χ1) is 6.99. The van der Waals surface area contributed by atoms with E-state index in [1.54, 1.807) is 6.92 Å². The van der Waals surface area contributed by atoms with Crippen LogP contribution in [0.15, 0.2) is 12.1 Å². The fraction of sp³-hybridized carbons (Fsp3) is 0.300. The first-order valence-corrected chi connectivity index (χ1v) is 4.77. The molecule has 15 heavy (non-hydrogen) atoms. The lowest BCUT2D eigenvalue weighted by Crippen LogP contribution is -2.22. The van der Waals surface area contributed by atoms with Crippen LogP contribution >= 0.6 is 11.6 Å². The molecule has 5 heteroatoms. The van der Waals surface area contributed by atoms with Gasteiger partial charge in [-0.3, -0.25) is 4.79 Å². The maximum atomic E-state index is 10.9. The predicted molar refractivity (Wildman–Crippen MR) is 57.3 cm³/mol. The third-order valence-electron chi connectivity index (χ3n) is 2.31. The average molecular weight is 230 g/mol. The Balaban J connectivity index is 3.34. The third kappa shape index (κ3) is 2.22. The number of halogens is 1. The van der Waals surface area contributed by atoms with E-state index in [1.165, 1.54) is 12.1 Å². The quantitative estimate of drug-likeness (QED) is 0.733. The highest BCUT2D eigenvalue weighted by molar-refractivity contribution is 6.31. The second-order valence-corrected chi connectivity index (χ2v) is 3.64. The van der Waals surface area contributed by atoms with E-state index in [0.717, 1.165) is 0 Å². The van der Waals surface area contributed by atoms with Crippen molar-refractivity contribution in [1.82, 2.24) is 0 Å². The van der Waals surface area contributed by atoms with E-state index in [1.807, 2.05) is 0 Å². The lowest BCUT2D eigenvalue weighted by atomic mass is 9.94. The van der Waals surface area contributed by atoms with Crippen LogP contribution in [0.5, 0.6) is 5.75 Å². The molecule has 0 aliphatic rings. The van der Waals surface area contributed by atoms with Crippen molar-refractivity contribution in [3.63, 3.8) is 0 Å². The molecule has 0 radical (unpaired) electrons. The van der Waals surface area contributed by atoms with Crippen LogP contribution in [0.4, 0.5) is 0 Å². The highest BCUT2D eigenvalue weighted by atomic mass is 35.5. The van der Waals surface area contributed by atoms with Crippen LogP contribution in [-0.2, 0) is 4.79 Å². The number of benzene rings is 1. The fourth-order valence-electron chi connectivity index (χ4n) is 1.47. The molecule has 0 spiro atoms. The van der Waals surface area contributed by atoms with Crippen molar-refractivity contribution in [1.29, 1.82) is 0 Å². The van der Waals surface area contributed by atoms with Crippen molar-refractivity contribution in [3.8, 4) is 5.75 Å². The lowest BCUT2D eigenvalue weighted by Gasteiger charge is -2.15. The van der Waals surface area contributed by atoms with Gasteiger partial charge in [0.2, 0.25) is 0 Å². The molecule has 0 saturated carbocycles. The summed E-state index contributed by atoms with van der Waals surface area (Å²) in [6.07, 6.45) is 0. The SMILES string of the molecule is Cc1c(Cl)ccc(O)c1C(CN)C(=O)O. The number of hydrogen-bond acceptors (Lipinski definition) is 3. The van der Waals surface area contributed by atoms with E-state index in [0.29, 0.717) is 10.6 Å². The van der Waals surface area contributed by atoms with Crippen LogP contribution in [0.2, 0.25) is 5.02 Å². The summed E-state index contributed by atoms with van der Waals surface area (Å²) in [7, 11) is 0. The van der Waals surface area contributed by atoms with Crippen molar-refractivity contribution in [2.45, 2.75) is 12.8 Å². The Morgan fingerprint density at radius 3 is 2.67 bits per heavy atom. The summed E-state index contributed by atoms with van der Waals surface area (Å²) in [6.45, 7) is 1.58. The molecule has 1 aromatic rings. The molecule has 1 atom stereocenters. The molecule has 1 rings (SSSR count). The molecule has 4 nitrogen and oxygen atoms in total. The van der Waals surface area contributed by atoms with Crippen molar-refractivity contribution in [2.24, 2.45) is 5.73 Å². The smallest absolute Gasteiger partial charge is 0.312 e. The number of rotatable bonds is 3. The monoisotopic (exact) mass is 229 g/mol. The molecule has 0 fully saturated rings. The first-order valence-electron chi connectivity index (χ1n) is 4.39. The van der Waals surface area contributed by atoms with Crippen molar-refractivity contribution in [3.05, 3.63) is 28.3 Å². The number of aromatic hydroxyl groups is 1. The molecule has 0 aromatic heterocycles. The summed E-state index contributed by atoms with van der Waals surface area (Å²) in [5.41, 5.74) is 6.20. The Labute approximate surface area is 92.3 Å². The van der Waals surface area contributed by atoms with Crippen LogP contribution in [0.25, 0.3) is 0 Å². The van der Waals surface area contributed by atoms with Gasteiger partial charge in [0.25, 0.3) is 0 Å². The van der Waals surface area contributed by atoms with Crippen LogP contribution in [0.1, 0.15) is 17.0 Å². The average Bonchev–Trinajstić information content (AvgIpc) is 2.18. The predicted octanol–water partition coefficient (Wildman–Crippen LogP) is 1.48. The van der Waals surface area contributed by atoms with Crippen LogP contribution < -0.4 is 5.73 Å². The number of nitrogens with two attached hydrogens (primary N) is 1. The second-order valence-electron chi connectivity index (χ2n) is 3.23. The van der Waals surface area contributed by atoms with Gasteiger partial charge in [-0.25, -0.2) is 0 Å². The Bertz CT molecular complexity index is 392. The van der Waals surface area contributed by atoms with Crippen LogP contribution in [0.3, 0.4) is 0 Å². The minimum Gasteiger partial charge on any atom is -0.508 e. The van der Waals surface area contributed by atoms with Gasteiger partial charge >= 0.3 is 5.97 Å². The molecule has 0 amide bonds. The van der Waals surface area contributed by atoms with Gasteiger partial charge in [-0.2, -0.15) is 0 Å². The van der Waals surface area contributed by atoms with Gasteiger partial charge in [0.15, 0.2) is 0 Å². The van der Waals surface area contributed by atoms with Crippen molar-refractivity contribution in [2.75, 3.05) is 6.54 Å². The van der Waals surface area contributed by atoms with Gasteiger partial charge in [-0.1, -0.05) is 11.6 Å². The van der Waals surface area contributed by atoms with Crippen molar-refractivity contribution < 1.29 is 15.0 Å². The zero-order valence-corrected chi connectivity index (χ0v) is 8.95. The van der Waals surface area contributed by atoms with E-state index in [2.05, 4.69) is 0 Å². The maximum Gasteiger partial charge on any atom is 0.312 e. The number of aliphatic carboxylic acids is 1. The summed E-state index contributed by atoms with van der Waals surface area (Å²) in [5.74, 6) is -2.09. The van der Waals surface area contributed by atoms with E-state index < -0.39 is 11.9 Å². The number of hydrogen-bond donors (Lipinski definition) is 3. The number of carboxylic acid groups (broad SMARTS) is 1. The molecule has 82 valence electrons. The van der Waals surface area contributed by atoms with Gasteiger partial charge < -0.3 is 15.9 Å². The van der Waals surface area contributed by atoms with Crippen LogP contribution in [0, 0.1) is 6.92 Å². The maximum absolute atomic E-state index is 10.9. The number of phenolic OH excluding ortho intramolecular Hbond substituents is 1. The summed E-state index contributed by atoms with van der Waals surface area (Å²) in [6, 6.07) is 2.89. The van der Waals surface area contributed by atoms with Gasteiger partial charge in [0.1, 0.15) is 5.75 Å². The molecule has 0 bridgehead atoms. The number of carbonyl (C=O) groups is 1. The highest BCUT2D eigenvalue weighted by Gasteiger charge is 2.24. The summed E-state index contributed by atoms with van der Waals surface area (Å²) < 4.78 is 0. The van der Waals surface area contributed by atoms with Gasteiger partial charge in [-0.15, -0.1) is 0 Å². The van der Waals surface area contributed by atoms with Crippen molar-refractivity contribution >= 4 is 17.6 Å². The lowest BCUT2D eigenvalue weighted by molar-refractivity contribution is -0.138. The standard InChI is InChI=1S/C10H12ClNO3/c1-5-7(11)2-3-8(13)9(5)6(4-12)10(14)15/h2-3,6,13H,4,12H2,1H3,(H,14,15). The molecule has 4 N–H and O–H groups in total. The van der Waals surface area contributed by atoms with Crippen LogP contribution in [-0.4, -0.2) is 22.7 Å². The van der Waals surface area contributed by atoms with Gasteiger partial charge in [0, 0.05) is 17.1 Å². The zero-order chi connectivity index (χ0) is 11.6. The Hall–Kier alpha value is -1.26. The van der Waals surface area contributed by atoms with E-state index in [9.17, 15) is 9.90 Å². The summed E-state index contributed by atoms with van der Waals surface area (Å²) in [5, 5.41) is 18.9. The first kappa shape index (κ1) is 11.8. The van der Waals surface area contributed by atoms with Gasteiger partial charge in [0.05, 0.1) is 5.92 Å². The Kier molecular flexibility index (Phi) is 3.55. The molecule has 0 aliphatic carbocycles. The molecule has 1 aromatic carbocycles. The fourth-order valence-corrected chi connectivity index (χ4v) is 1.63. The molecular weight excluding hydrogens is 218 g/mol. The summed E-state index contributed by atoms with van der Waals surface area (Å²) in [4.78, 5) is 10.9. The van der Waals surface area contributed by atoms with E-state index in [4.69, 9.17) is 22.4 Å². The molecule has 0 aliphatic heterocycles. The zero-order valence-electron chi connectivity index (χ0n) is 8.20. The molecule has 0 heterocycles. The van der Waals surface area contributed by atoms with Gasteiger partial charge in [-0.05, 0) is 24.6 Å². The van der Waals surface area contributed by atoms with E-state index in [-0.39, 0.29) is 17.9 Å². The minimum absolute atomic E-state index is 0.0793. The number of carboxylic acids is 1. The minimum atomic E-state index is -1.07. The topological polar surface area (TPSA) is 83.5 Å². The second kappa shape index (κ2) is 4.51. The molecule has 0 saturated heterocycles. The Morgan fingerprint density at radius 2 is 2.20 bits per heavy atom. The third-order valence-corrected chi connectivity index (χ3v) is 2.72. The highest BCUT2D eigenvalue weighted by Crippen LogP contribution is 2.33.